The molecule has 0 saturated heterocycles. The Morgan fingerprint density at radius 1 is 0.800 bits per heavy atom. The van der Waals surface area contributed by atoms with Crippen molar-refractivity contribution in [3.63, 3.8) is 0 Å². The minimum Gasteiger partial charge on any atom is -0.350 e. The maximum atomic E-state index is 2.42. The van der Waals surface area contributed by atoms with Crippen LogP contribution in [-0.4, -0.2) is 4.57 Å². The quantitative estimate of drug-likeness (QED) is 0.629. The molecule has 4 rings (SSSR count). The van der Waals surface area contributed by atoms with Crippen LogP contribution >= 0.6 is 0 Å². The second-order valence-electron chi connectivity index (χ2n) is 5.47. The molecule has 1 unspecified atom stereocenters. The van der Waals surface area contributed by atoms with Gasteiger partial charge in [-0.25, -0.2) is 0 Å². The molecule has 1 atom stereocenters. The van der Waals surface area contributed by atoms with Gasteiger partial charge in [0.25, 0.3) is 0 Å². The van der Waals surface area contributed by atoms with E-state index in [0.717, 1.165) is 6.54 Å². The molecular weight excluding hydrogens is 242 g/mol. The zero-order valence-corrected chi connectivity index (χ0v) is 11.4. The third-order valence-electron chi connectivity index (χ3n) is 4.25. The van der Waals surface area contributed by atoms with Gasteiger partial charge in [0, 0.05) is 24.4 Å². The van der Waals surface area contributed by atoms with Crippen molar-refractivity contribution in [3.05, 3.63) is 84.2 Å². The molecule has 2 heterocycles. The third-order valence-corrected chi connectivity index (χ3v) is 4.25. The highest BCUT2D eigenvalue weighted by molar-refractivity contribution is 5.64. The van der Waals surface area contributed by atoms with Gasteiger partial charge >= 0.3 is 0 Å². The Labute approximate surface area is 119 Å². The van der Waals surface area contributed by atoms with Gasteiger partial charge in [0.15, 0.2) is 0 Å². The number of fused-ring (bicyclic) bond motifs is 1. The fourth-order valence-corrected chi connectivity index (χ4v) is 3.24. The van der Waals surface area contributed by atoms with E-state index in [2.05, 4.69) is 77.5 Å². The Morgan fingerprint density at radius 3 is 2.25 bits per heavy atom. The third kappa shape index (κ3) is 1.87. The molecule has 98 valence electrons. The Bertz CT molecular complexity index is 710. The summed E-state index contributed by atoms with van der Waals surface area (Å²) in [7, 11) is 0. The molecule has 0 saturated carbocycles. The largest absolute Gasteiger partial charge is 0.350 e. The van der Waals surface area contributed by atoms with Crippen LogP contribution in [0.25, 0.3) is 11.1 Å². The standard InChI is InChI=1S/C19H17N/c1-3-7-15(8-4-1)17-13-19-18(11-12-20(19)14-17)16-9-5-2-6-10-16/h1-10,13-14,18H,11-12H2. The summed E-state index contributed by atoms with van der Waals surface area (Å²) in [5, 5.41) is 0. The minimum absolute atomic E-state index is 0.550. The Kier molecular flexibility index (Phi) is 2.70. The molecule has 0 fully saturated rings. The first-order chi connectivity index (χ1) is 9.92. The van der Waals surface area contributed by atoms with Crippen LogP contribution in [0.4, 0.5) is 0 Å². The molecular formula is C19H17N. The summed E-state index contributed by atoms with van der Waals surface area (Å²) >= 11 is 0. The van der Waals surface area contributed by atoms with Crippen molar-refractivity contribution < 1.29 is 0 Å². The average molecular weight is 259 g/mol. The SMILES string of the molecule is c1ccc(-c2cc3n(c2)CCC3c2ccccc2)cc1. The number of rotatable bonds is 2. The minimum atomic E-state index is 0.550. The van der Waals surface area contributed by atoms with E-state index < -0.39 is 0 Å². The number of benzene rings is 2. The van der Waals surface area contributed by atoms with E-state index in [0.29, 0.717) is 5.92 Å². The molecule has 3 aromatic rings. The number of aryl methyl sites for hydroxylation is 1. The lowest BCUT2D eigenvalue weighted by Crippen LogP contribution is -1.95. The molecule has 0 aliphatic carbocycles. The van der Waals surface area contributed by atoms with E-state index >= 15 is 0 Å². The van der Waals surface area contributed by atoms with Gasteiger partial charge in [0.05, 0.1) is 0 Å². The van der Waals surface area contributed by atoms with Gasteiger partial charge in [0.2, 0.25) is 0 Å². The van der Waals surface area contributed by atoms with E-state index in [1.807, 2.05) is 0 Å². The van der Waals surface area contributed by atoms with Gasteiger partial charge in [-0.3, -0.25) is 0 Å². The van der Waals surface area contributed by atoms with Crippen LogP contribution < -0.4 is 0 Å². The zero-order valence-electron chi connectivity index (χ0n) is 11.4. The van der Waals surface area contributed by atoms with E-state index in [4.69, 9.17) is 0 Å². The van der Waals surface area contributed by atoms with Gasteiger partial charge in [-0.15, -0.1) is 0 Å². The number of aromatic nitrogens is 1. The van der Waals surface area contributed by atoms with Crippen molar-refractivity contribution in [1.82, 2.24) is 4.57 Å². The lowest BCUT2D eigenvalue weighted by Gasteiger charge is -2.09. The fourth-order valence-electron chi connectivity index (χ4n) is 3.24. The molecule has 0 spiro atoms. The van der Waals surface area contributed by atoms with Crippen LogP contribution in [0.3, 0.4) is 0 Å². The molecule has 20 heavy (non-hydrogen) atoms. The van der Waals surface area contributed by atoms with Crippen LogP contribution in [0.5, 0.6) is 0 Å². The molecule has 0 bridgehead atoms. The van der Waals surface area contributed by atoms with Crippen molar-refractivity contribution >= 4 is 0 Å². The topological polar surface area (TPSA) is 4.93 Å². The zero-order chi connectivity index (χ0) is 13.4. The molecule has 0 N–H and O–H groups in total. The molecule has 1 heteroatoms. The van der Waals surface area contributed by atoms with Gasteiger partial charge in [-0.05, 0) is 29.2 Å². The van der Waals surface area contributed by atoms with Crippen molar-refractivity contribution in [1.29, 1.82) is 0 Å². The smallest absolute Gasteiger partial charge is 0.0260 e. The summed E-state index contributed by atoms with van der Waals surface area (Å²) in [5.74, 6) is 0.550. The van der Waals surface area contributed by atoms with Crippen molar-refractivity contribution in [3.8, 4) is 11.1 Å². The predicted octanol–water partition coefficient (Wildman–Crippen LogP) is 4.69. The molecule has 2 aromatic carbocycles. The summed E-state index contributed by atoms with van der Waals surface area (Å²) in [6.07, 6.45) is 3.52. The summed E-state index contributed by atoms with van der Waals surface area (Å²) < 4.78 is 2.42. The highest BCUT2D eigenvalue weighted by atomic mass is 15.0. The number of hydrogen-bond donors (Lipinski definition) is 0. The van der Waals surface area contributed by atoms with Crippen molar-refractivity contribution in [2.45, 2.75) is 18.9 Å². The molecule has 1 nitrogen and oxygen atoms in total. The highest BCUT2D eigenvalue weighted by Gasteiger charge is 2.24. The normalized spacial score (nSPS) is 17.1. The average Bonchev–Trinajstić information content (AvgIpc) is 3.09. The van der Waals surface area contributed by atoms with Gasteiger partial charge in [-0.2, -0.15) is 0 Å². The maximum Gasteiger partial charge on any atom is 0.0260 e. The lowest BCUT2D eigenvalue weighted by atomic mass is 9.94. The van der Waals surface area contributed by atoms with E-state index in [1.54, 1.807) is 0 Å². The lowest BCUT2D eigenvalue weighted by molar-refractivity contribution is 0.722. The first-order valence-electron chi connectivity index (χ1n) is 7.22. The van der Waals surface area contributed by atoms with E-state index in [1.165, 1.54) is 28.8 Å². The maximum absolute atomic E-state index is 2.42. The number of nitrogens with zero attached hydrogens (tertiary/aromatic N) is 1. The van der Waals surface area contributed by atoms with Crippen LogP contribution in [0.15, 0.2) is 72.9 Å². The molecule has 1 aliphatic heterocycles. The van der Waals surface area contributed by atoms with E-state index in [-0.39, 0.29) is 0 Å². The van der Waals surface area contributed by atoms with E-state index in [9.17, 15) is 0 Å². The Balaban J connectivity index is 1.74. The van der Waals surface area contributed by atoms with Crippen LogP contribution in [0, 0.1) is 0 Å². The van der Waals surface area contributed by atoms with Gasteiger partial charge in [-0.1, -0.05) is 60.7 Å². The van der Waals surface area contributed by atoms with Crippen LogP contribution in [0.1, 0.15) is 23.6 Å². The predicted molar refractivity (Wildman–Crippen MR) is 82.8 cm³/mol. The van der Waals surface area contributed by atoms with Crippen molar-refractivity contribution in [2.75, 3.05) is 0 Å². The molecule has 0 amide bonds. The first kappa shape index (κ1) is 11.5. The molecule has 0 radical (unpaired) electrons. The highest BCUT2D eigenvalue weighted by Crippen LogP contribution is 2.37. The molecule has 1 aromatic heterocycles. The number of hydrogen-bond acceptors (Lipinski definition) is 0. The fraction of sp³-hybridized carbons (Fsp3) is 0.158. The van der Waals surface area contributed by atoms with Crippen LogP contribution in [-0.2, 0) is 6.54 Å². The van der Waals surface area contributed by atoms with Gasteiger partial charge < -0.3 is 4.57 Å². The summed E-state index contributed by atoms with van der Waals surface area (Å²) in [6, 6.07) is 23.9. The molecule has 1 aliphatic rings. The Hall–Kier alpha value is -2.28. The summed E-state index contributed by atoms with van der Waals surface area (Å²) in [5.41, 5.74) is 5.53. The monoisotopic (exact) mass is 259 g/mol. The second-order valence-corrected chi connectivity index (χ2v) is 5.47. The van der Waals surface area contributed by atoms with Crippen LogP contribution in [0.2, 0.25) is 0 Å². The Morgan fingerprint density at radius 2 is 1.50 bits per heavy atom. The first-order valence-corrected chi connectivity index (χ1v) is 7.22. The summed E-state index contributed by atoms with van der Waals surface area (Å²) in [6.45, 7) is 1.13. The summed E-state index contributed by atoms with van der Waals surface area (Å²) in [4.78, 5) is 0. The van der Waals surface area contributed by atoms with Crippen molar-refractivity contribution in [2.24, 2.45) is 0 Å². The second kappa shape index (κ2) is 4.68. The van der Waals surface area contributed by atoms with Gasteiger partial charge in [0.1, 0.15) is 0 Å².